The van der Waals surface area contributed by atoms with E-state index in [9.17, 15) is 22.8 Å². The maximum absolute atomic E-state index is 13.5. The first kappa shape index (κ1) is 23.2. The molecule has 8 nitrogen and oxygen atoms in total. The van der Waals surface area contributed by atoms with Gasteiger partial charge in [-0.2, -0.15) is 0 Å². The molecule has 31 heavy (non-hydrogen) atoms. The zero-order chi connectivity index (χ0) is 22.6. The van der Waals surface area contributed by atoms with Crippen molar-refractivity contribution in [1.29, 1.82) is 0 Å². The fourth-order valence-corrected chi connectivity index (χ4v) is 6.81. The first-order valence-corrected chi connectivity index (χ1v) is 12.2. The summed E-state index contributed by atoms with van der Waals surface area (Å²) < 4.78 is 30.5. The van der Waals surface area contributed by atoms with Gasteiger partial charge in [0.15, 0.2) is 21.2 Å². The van der Waals surface area contributed by atoms with Gasteiger partial charge >= 0.3 is 12.0 Å². The lowest BCUT2D eigenvalue weighted by atomic mass is 10.1. The molecule has 0 radical (unpaired) electrons. The molecule has 0 heterocycles. The maximum Gasteiger partial charge on any atom is 0.328 e. The molecule has 0 aromatic heterocycles. The number of aryl methyl sites for hydroxylation is 2. The number of urea groups is 1. The number of amides is 3. The quantitative estimate of drug-likeness (QED) is 0.643. The first-order valence-electron chi connectivity index (χ1n) is 10.8. The molecule has 9 heteroatoms. The third-order valence-electron chi connectivity index (χ3n) is 6.21. The van der Waals surface area contributed by atoms with Crippen LogP contribution in [0.3, 0.4) is 0 Å². The van der Waals surface area contributed by atoms with Crippen molar-refractivity contribution in [1.82, 2.24) is 10.6 Å². The van der Waals surface area contributed by atoms with E-state index in [1.165, 1.54) is 0 Å². The molecular formula is C22H30N2O6S. The van der Waals surface area contributed by atoms with Crippen LogP contribution in [0.4, 0.5) is 4.79 Å². The average molecular weight is 451 g/mol. The Labute approximate surface area is 183 Å². The molecule has 0 aliphatic heterocycles. The highest BCUT2D eigenvalue weighted by atomic mass is 32.2. The monoisotopic (exact) mass is 450 g/mol. The molecule has 2 N–H and O–H groups in total. The van der Waals surface area contributed by atoms with Crippen molar-refractivity contribution in [3.8, 4) is 0 Å². The molecule has 0 spiro atoms. The number of rotatable bonds is 6. The predicted octanol–water partition coefficient (Wildman–Crippen LogP) is 2.70. The van der Waals surface area contributed by atoms with Crippen molar-refractivity contribution in [3.05, 3.63) is 29.3 Å². The molecule has 170 valence electrons. The number of hydrogen-bond donors (Lipinski definition) is 2. The molecule has 3 amide bonds. The molecular weight excluding hydrogens is 420 g/mol. The maximum atomic E-state index is 13.5. The van der Waals surface area contributed by atoms with Gasteiger partial charge in [0.2, 0.25) is 0 Å². The molecule has 0 atom stereocenters. The molecule has 3 rings (SSSR count). The van der Waals surface area contributed by atoms with E-state index >= 15 is 0 Å². The Morgan fingerprint density at radius 3 is 2.35 bits per heavy atom. The second-order valence-corrected chi connectivity index (χ2v) is 10.8. The number of nitrogens with one attached hydrogen (secondary N) is 2. The molecule has 2 aliphatic carbocycles. The van der Waals surface area contributed by atoms with E-state index in [4.69, 9.17) is 4.74 Å². The number of carbonyl (C=O) groups excluding carboxylic acids is 3. The van der Waals surface area contributed by atoms with Crippen LogP contribution in [0, 0.1) is 13.8 Å². The summed E-state index contributed by atoms with van der Waals surface area (Å²) in [5, 5.41) is 4.85. The Balaban J connectivity index is 1.68. The second kappa shape index (κ2) is 9.38. The molecule has 0 saturated heterocycles. The van der Waals surface area contributed by atoms with Crippen molar-refractivity contribution in [3.63, 3.8) is 0 Å². The Kier molecular flexibility index (Phi) is 7.03. The Bertz CT molecular complexity index is 960. The van der Waals surface area contributed by atoms with Crippen LogP contribution in [0.1, 0.15) is 62.5 Å². The van der Waals surface area contributed by atoms with Crippen molar-refractivity contribution < 1.29 is 27.5 Å². The van der Waals surface area contributed by atoms with E-state index in [0.717, 1.165) is 31.2 Å². The van der Waals surface area contributed by atoms with Gasteiger partial charge in [0.1, 0.15) is 0 Å². The van der Waals surface area contributed by atoms with E-state index in [0.29, 0.717) is 18.4 Å². The van der Waals surface area contributed by atoms with Crippen LogP contribution in [-0.2, 0) is 24.2 Å². The van der Waals surface area contributed by atoms with Crippen molar-refractivity contribution >= 4 is 27.7 Å². The van der Waals surface area contributed by atoms with Crippen LogP contribution in [0.2, 0.25) is 0 Å². The standard InChI is InChI=1S/C22H30N2O6S/c1-15-9-10-16(2)18(13-15)31(28,29)22(11-5-6-12-22)20(26)30-14-19(25)24-21(27)23-17-7-3-4-8-17/h9-10,13,17H,3-8,11-12,14H2,1-2H3,(H2,23,24,25,27). The fraction of sp³-hybridized carbons (Fsp3) is 0.591. The summed E-state index contributed by atoms with van der Waals surface area (Å²) in [4.78, 5) is 37.1. The van der Waals surface area contributed by atoms with Gasteiger partial charge < -0.3 is 10.1 Å². The van der Waals surface area contributed by atoms with Crippen LogP contribution in [0.25, 0.3) is 0 Å². The smallest absolute Gasteiger partial charge is 0.328 e. The minimum atomic E-state index is -4.02. The summed E-state index contributed by atoms with van der Waals surface area (Å²) in [5.74, 6) is -1.72. The van der Waals surface area contributed by atoms with Gasteiger partial charge in [-0.25, -0.2) is 13.2 Å². The fourth-order valence-electron chi connectivity index (χ4n) is 4.45. The third kappa shape index (κ3) is 4.92. The van der Waals surface area contributed by atoms with Crippen LogP contribution >= 0.6 is 0 Å². The van der Waals surface area contributed by atoms with Crippen molar-refractivity contribution in [2.75, 3.05) is 6.61 Å². The van der Waals surface area contributed by atoms with Crippen LogP contribution < -0.4 is 10.6 Å². The number of benzene rings is 1. The SMILES string of the molecule is Cc1ccc(C)c(S(=O)(=O)C2(C(=O)OCC(=O)NC(=O)NC3CCCC3)CCCC2)c1. The predicted molar refractivity (Wildman–Crippen MR) is 114 cm³/mol. The van der Waals surface area contributed by atoms with Gasteiger partial charge in [-0.05, 0) is 56.7 Å². The van der Waals surface area contributed by atoms with E-state index < -0.39 is 39.1 Å². The summed E-state index contributed by atoms with van der Waals surface area (Å²) in [6.07, 6.45) is 5.26. The number of sulfone groups is 1. The lowest BCUT2D eigenvalue weighted by Crippen LogP contribution is -2.48. The average Bonchev–Trinajstić information content (AvgIpc) is 3.40. The highest BCUT2D eigenvalue weighted by Gasteiger charge is 2.54. The highest BCUT2D eigenvalue weighted by Crippen LogP contribution is 2.42. The number of imide groups is 1. The van der Waals surface area contributed by atoms with E-state index in [2.05, 4.69) is 10.6 Å². The van der Waals surface area contributed by atoms with Crippen molar-refractivity contribution in [2.45, 2.75) is 80.9 Å². The molecule has 2 saturated carbocycles. The molecule has 0 bridgehead atoms. The highest BCUT2D eigenvalue weighted by molar-refractivity contribution is 7.93. The summed E-state index contributed by atoms with van der Waals surface area (Å²) >= 11 is 0. The van der Waals surface area contributed by atoms with Gasteiger partial charge in [-0.15, -0.1) is 0 Å². The summed E-state index contributed by atoms with van der Waals surface area (Å²) in [6, 6.07) is 4.51. The van der Waals surface area contributed by atoms with E-state index in [1.807, 2.05) is 6.07 Å². The minimum absolute atomic E-state index is 0.0415. The van der Waals surface area contributed by atoms with Gasteiger partial charge in [0, 0.05) is 6.04 Å². The summed E-state index contributed by atoms with van der Waals surface area (Å²) in [6.45, 7) is 2.77. The molecule has 2 fully saturated rings. The Morgan fingerprint density at radius 2 is 1.71 bits per heavy atom. The summed E-state index contributed by atoms with van der Waals surface area (Å²) in [5.41, 5.74) is 1.34. The number of carbonyl (C=O) groups is 3. The molecule has 0 unspecified atom stereocenters. The molecule has 2 aliphatic rings. The lowest BCUT2D eigenvalue weighted by Gasteiger charge is -2.27. The van der Waals surface area contributed by atoms with Crippen LogP contribution in [0.5, 0.6) is 0 Å². The zero-order valence-electron chi connectivity index (χ0n) is 18.0. The number of hydrogen-bond acceptors (Lipinski definition) is 6. The number of esters is 1. The van der Waals surface area contributed by atoms with E-state index in [-0.39, 0.29) is 23.8 Å². The summed E-state index contributed by atoms with van der Waals surface area (Å²) in [7, 11) is -4.02. The normalized spacial score (nSPS) is 18.5. The molecule has 1 aromatic carbocycles. The molecule has 1 aromatic rings. The van der Waals surface area contributed by atoms with Crippen molar-refractivity contribution in [2.24, 2.45) is 0 Å². The topological polar surface area (TPSA) is 119 Å². The number of ether oxygens (including phenoxy) is 1. The first-order chi connectivity index (χ1) is 14.7. The van der Waals surface area contributed by atoms with Gasteiger partial charge in [-0.3, -0.25) is 14.9 Å². The Morgan fingerprint density at radius 1 is 1.06 bits per heavy atom. The van der Waals surface area contributed by atoms with Crippen LogP contribution in [-0.4, -0.2) is 43.7 Å². The Hall–Kier alpha value is -2.42. The largest absolute Gasteiger partial charge is 0.454 e. The zero-order valence-corrected chi connectivity index (χ0v) is 18.8. The van der Waals surface area contributed by atoms with Gasteiger partial charge in [0.25, 0.3) is 5.91 Å². The van der Waals surface area contributed by atoms with E-state index in [1.54, 1.807) is 26.0 Å². The minimum Gasteiger partial charge on any atom is -0.454 e. The van der Waals surface area contributed by atoms with Gasteiger partial charge in [-0.1, -0.05) is 37.8 Å². The van der Waals surface area contributed by atoms with Gasteiger partial charge in [0.05, 0.1) is 4.90 Å². The second-order valence-electron chi connectivity index (χ2n) is 8.55. The van der Waals surface area contributed by atoms with Crippen LogP contribution in [0.15, 0.2) is 23.1 Å². The lowest BCUT2D eigenvalue weighted by molar-refractivity contribution is -0.150. The third-order valence-corrected chi connectivity index (χ3v) is 8.83.